The fraction of sp³-hybridized carbons (Fsp3) is 0.462. The zero-order valence-electron chi connectivity index (χ0n) is 10.2. The van der Waals surface area contributed by atoms with E-state index in [9.17, 15) is 4.79 Å². The first-order chi connectivity index (χ1) is 8.10. The lowest BCUT2D eigenvalue weighted by molar-refractivity contribution is -0.123. The van der Waals surface area contributed by atoms with Crippen molar-refractivity contribution < 1.29 is 9.53 Å². The summed E-state index contributed by atoms with van der Waals surface area (Å²) in [7, 11) is 1.64. The van der Waals surface area contributed by atoms with Gasteiger partial charge in [-0.1, -0.05) is 12.1 Å². The number of amides is 1. The second kappa shape index (κ2) is 4.75. The largest absolute Gasteiger partial charge is 0.496 e. The van der Waals surface area contributed by atoms with Crippen molar-refractivity contribution in [1.29, 1.82) is 0 Å². The average molecular weight is 234 g/mol. The molecule has 3 N–H and O–H groups in total. The first-order valence-electron chi connectivity index (χ1n) is 5.79. The number of nitrogens with two attached hydrogens (primary N) is 1. The third kappa shape index (κ3) is 2.58. The Morgan fingerprint density at radius 1 is 1.47 bits per heavy atom. The van der Waals surface area contributed by atoms with E-state index in [2.05, 4.69) is 5.32 Å². The van der Waals surface area contributed by atoms with E-state index in [0.29, 0.717) is 6.42 Å². The van der Waals surface area contributed by atoms with Gasteiger partial charge in [-0.2, -0.15) is 0 Å². The fourth-order valence-corrected chi connectivity index (χ4v) is 2.25. The van der Waals surface area contributed by atoms with Gasteiger partial charge in [0.2, 0.25) is 5.91 Å². The first kappa shape index (κ1) is 11.9. The summed E-state index contributed by atoms with van der Waals surface area (Å²) >= 11 is 0. The highest BCUT2D eigenvalue weighted by Crippen LogP contribution is 2.31. The Labute approximate surface area is 101 Å². The van der Waals surface area contributed by atoms with Crippen LogP contribution >= 0.6 is 0 Å². The molecule has 1 fully saturated rings. The summed E-state index contributed by atoms with van der Waals surface area (Å²) in [6.07, 6.45) is 1.16. The van der Waals surface area contributed by atoms with Gasteiger partial charge in [0.25, 0.3) is 0 Å². The number of methoxy groups -OCH3 is 1. The van der Waals surface area contributed by atoms with Gasteiger partial charge in [0, 0.05) is 18.0 Å². The Morgan fingerprint density at radius 3 is 2.88 bits per heavy atom. The summed E-state index contributed by atoms with van der Waals surface area (Å²) in [6.45, 7) is 2.01. The van der Waals surface area contributed by atoms with E-state index >= 15 is 0 Å². The number of rotatable bonds is 2. The van der Waals surface area contributed by atoms with E-state index in [1.54, 1.807) is 7.11 Å². The van der Waals surface area contributed by atoms with Gasteiger partial charge in [0.15, 0.2) is 0 Å². The molecule has 0 spiro atoms. The number of nitrogens with one attached hydrogen (secondary N) is 1. The summed E-state index contributed by atoms with van der Waals surface area (Å²) in [6, 6.07) is 5.88. The zero-order valence-corrected chi connectivity index (χ0v) is 10.2. The lowest BCUT2D eigenvalue weighted by Crippen LogP contribution is -2.42. The number of hydrogen-bond donors (Lipinski definition) is 2. The molecule has 1 aliphatic heterocycles. The SMILES string of the molecule is COc1cc(C)ccc1C1CC(N)CC(=O)N1. The van der Waals surface area contributed by atoms with Gasteiger partial charge in [-0.05, 0) is 25.0 Å². The van der Waals surface area contributed by atoms with Gasteiger partial charge in [-0.25, -0.2) is 0 Å². The van der Waals surface area contributed by atoms with Gasteiger partial charge in [-0.15, -0.1) is 0 Å². The summed E-state index contributed by atoms with van der Waals surface area (Å²) in [5.74, 6) is 0.820. The van der Waals surface area contributed by atoms with Crippen molar-refractivity contribution in [2.24, 2.45) is 5.73 Å². The molecule has 92 valence electrons. The highest BCUT2D eigenvalue weighted by Gasteiger charge is 2.27. The molecule has 1 aromatic rings. The molecule has 2 unspecified atom stereocenters. The Morgan fingerprint density at radius 2 is 2.24 bits per heavy atom. The summed E-state index contributed by atoms with van der Waals surface area (Å²) in [5, 5.41) is 2.96. The maximum absolute atomic E-state index is 11.5. The standard InChI is InChI=1S/C13H18N2O2/c1-8-3-4-10(12(5-8)17-2)11-6-9(14)7-13(16)15-11/h3-5,9,11H,6-7,14H2,1-2H3,(H,15,16). The number of aryl methyl sites for hydroxylation is 1. The van der Waals surface area contributed by atoms with E-state index in [1.165, 1.54) is 0 Å². The van der Waals surface area contributed by atoms with E-state index in [-0.39, 0.29) is 18.0 Å². The van der Waals surface area contributed by atoms with Gasteiger partial charge < -0.3 is 15.8 Å². The zero-order chi connectivity index (χ0) is 12.4. The maximum atomic E-state index is 11.5. The lowest BCUT2D eigenvalue weighted by atomic mass is 9.93. The molecule has 1 aromatic carbocycles. The van der Waals surface area contributed by atoms with E-state index in [4.69, 9.17) is 10.5 Å². The molecule has 0 aliphatic carbocycles. The minimum Gasteiger partial charge on any atom is -0.496 e. The Balaban J connectivity index is 2.29. The molecule has 0 aromatic heterocycles. The molecule has 1 amide bonds. The Bertz CT molecular complexity index is 431. The lowest BCUT2D eigenvalue weighted by Gasteiger charge is -2.29. The van der Waals surface area contributed by atoms with Crippen LogP contribution in [0.3, 0.4) is 0 Å². The predicted molar refractivity (Wildman–Crippen MR) is 65.8 cm³/mol. The van der Waals surface area contributed by atoms with Crippen LogP contribution in [0.25, 0.3) is 0 Å². The fourth-order valence-electron chi connectivity index (χ4n) is 2.25. The van der Waals surface area contributed by atoms with Crippen LogP contribution in [0.2, 0.25) is 0 Å². The molecular formula is C13H18N2O2. The molecule has 1 aliphatic rings. The highest BCUT2D eigenvalue weighted by molar-refractivity contribution is 5.78. The highest BCUT2D eigenvalue weighted by atomic mass is 16.5. The van der Waals surface area contributed by atoms with Crippen molar-refractivity contribution >= 4 is 5.91 Å². The first-order valence-corrected chi connectivity index (χ1v) is 5.79. The topological polar surface area (TPSA) is 64.3 Å². The predicted octanol–water partition coefficient (Wildman–Crippen LogP) is 1.28. The molecule has 17 heavy (non-hydrogen) atoms. The number of hydrogen-bond acceptors (Lipinski definition) is 3. The van der Waals surface area contributed by atoms with Crippen LogP contribution in [0.4, 0.5) is 0 Å². The van der Waals surface area contributed by atoms with Crippen LogP contribution in [0, 0.1) is 6.92 Å². The molecule has 0 bridgehead atoms. The van der Waals surface area contributed by atoms with Crippen LogP contribution in [0.1, 0.15) is 30.0 Å². The molecule has 0 radical (unpaired) electrons. The maximum Gasteiger partial charge on any atom is 0.222 e. The molecule has 1 saturated heterocycles. The molecular weight excluding hydrogens is 216 g/mol. The summed E-state index contributed by atoms with van der Waals surface area (Å²) in [5.41, 5.74) is 8.01. The Kier molecular flexibility index (Phi) is 3.33. The average Bonchev–Trinajstić information content (AvgIpc) is 2.27. The van der Waals surface area contributed by atoms with Crippen LogP contribution < -0.4 is 15.8 Å². The third-order valence-corrected chi connectivity index (χ3v) is 3.09. The van der Waals surface area contributed by atoms with Crippen LogP contribution in [-0.4, -0.2) is 19.1 Å². The molecule has 1 heterocycles. The van der Waals surface area contributed by atoms with E-state index in [0.717, 1.165) is 23.3 Å². The van der Waals surface area contributed by atoms with Gasteiger partial charge in [0.05, 0.1) is 13.2 Å². The molecule has 0 saturated carbocycles. The van der Waals surface area contributed by atoms with Crippen LogP contribution in [0.5, 0.6) is 5.75 Å². The minimum absolute atomic E-state index is 0.0105. The number of piperidine rings is 1. The van der Waals surface area contributed by atoms with Crippen molar-refractivity contribution in [3.05, 3.63) is 29.3 Å². The number of ether oxygens (including phenoxy) is 1. The molecule has 4 nitrogen and oxygen atoms in total. The third-order valence-electron chi connectivity index (χ3n) is 3.09. The van der Waals surface area contributed by atoms with E-state index in [1.807, 2.05) is 25.1 Å². The normalized spacial score (nSPS) is 24.3. The minimum atomic E-state index is -0.0697. The van der Waals surface area contributed by atoms with Gasteiger partial charge in [-0.3, -0.25) is 4.79 Å². The van der Waals surface area contributed by atoms with Gasteiger partial charge in [0.1, 0.15) is 5.75 Å². The second-order valence-electron chi connectivity index (χ2n) is 4.57. The van der Waals surface area contributed by atoms with Gasteiger partial charge >= 0.3 is 0 Å². The number of benzene rings is 1. The monoisotopic (exact) mass is 234 g/mol. The van der Waals surface area contributed by atoms with Crippen molar-refractivity contribution in [1.82, 2.24) is 5.32 Å². The van der Waals surface area contributed by atoms with Crippen molar-refractivity contribution in [3.8, 4) is 5.75 Å². The smallest absolute Gasteiger partial charge is 0.222 e. The Hall–Kier alpha value is -1.55. The number of carbonyl (C=O) groups is 1. The van der Waals surface area contributed by atoms with Crippen LogP contribution in [-0.2, 0) is 4.79 Å². The number of carbonyl (C=O) groups excluding carboxylic acids is 1. The summed E-state index contributed by atoms with van der Waals surface area (Å²) in [4.78, 5) is 11.5. The van der Waals surface area contributed by atoms with E-state index < -0.39 is 0 Å². The quantitative estimate of drug-likeness (QED) is 0.810. The van der Waals surface area contributed by atoms with Crippen molar-refractivity contribution in [3.63, 3.8) is 0 Å². The van der Waals surface area contributed by atoms with Crippen LogP contribution in [0.15, 0.2) is 18.2 Å². The summed E-state index contributed by atoms with van der Waals surface area (Å²) < 4.78 is 5.36. The van der Waals surface area contributed by atoms with Crippen molar-refractivity contribution in [2.75, 3.05) is 7.11 Å². The van der Waals surface area contributed by atoms with Crippen molar-refractivity contribution in [2.45, 2.75) is 31.8 Å². The second-order valence-corrected chi connectivity index (χ2v) is 4.57. The molecule has 2 atom stereocenters. The molecule has 4 heteroatoms. The molecule has 2 rings (SSSR count).